The molecule has 0 aliphatic carbocycles. The Labute approximate surface area is 144 Å². The molecule has 3 heteroatoms. The van der Waals surface area contributed by atoms with E-state index in [9.17, 15) is 0 Å². The van der Waals surface area contributed by atoms with Crippen molar-refractivity contribution in [2.45, 2.75) is 84.3 Å². The van der Waals surface area contributed by atoms with Gasteiger partial charge in [-0.3, -0.25) is 0 Å². The molecule has 3 aliphatic heterocycles. The molecule has 3 saturated heterocycles. The lowest BCUT2D eigenvalue weighted by Gasteiger charge is -2.50. The molecule has 0 aromatic heterocycles. The Hall–Kier alpha value is -0.120. The van der Waals surface area contributed by atoms with E-state index < -0.39 is 0 Å². The molecule has 3 rings (SSSR count). The van der Waals surface area contributed by atoms with Crippen LogP contribution in [0.15, 0.2) is 0 Å². The van der Waals surface area contributed by atoms with Crippen LogP contribution in [0.2, 0.25) is 0 Å². The molecule has 134 valence electrons. The first-order valence-electron chi connectivity index (χ1n) is 10.2. The van der Waals surface area contributed by atoms with E-state index in [0.29, 0.717) is 5.41 Å². The Balaban J connectivity index is 1.44. The van der Waals surface area contributed by atoms with Crippen molar-refractivity contribution >= 4 is 0 Å². The van der Waals surface area contributed by atoms with Gasteiger partial charge < -0.3 is 14.7 Å². The maximum Gasteiger partial charge on any atom is 0.0120 e. The fourth-order valence-electron chi connectivity index (χ4n) is 5.15. The summed E-state index contributed by atoms with van der Waals surface area (Å²) >= 11 is 0. The smallest absolute Gasteiger partial charge is 0.0120 e. The summed E-state index contributed by atoms with van der Waals surface area (Å²) in [4.78, 5) is 8.18. The zero-order chi connectivity index (χ0) is 16.4. The summed E-state index contributed by atoms with van der Waals surface area (Å²) in [6, 6.07) is 2.34. The van der Waals surface area contributed by atoms with Gasteiger partial charge in [-0.1, -0.05) is 0 Å². The van der Waals surface area contributed by atoms with E-state index in [0.717, 1.165) is 18.1 Å². The van der Waals surface area contributed by atoms with E-state index in [1.54, 1.807) is 0 Å². The van der Waals surface area contributed by atoms with Crippen LogP contribution in [-0.2, 0) is 0 Å². The Morgan fingerprint density at radius 3 is 1.57 bits per heavy atom. The fraction of sp³-hybridized carbons (Fsp3) is 1.00. The van der Waals surface area contributed by atoms with Gasteiger partial charge in [0.05, 0.1) is 0 Å². The minimum Gasteiger partial charge on any atom is -0.301 e. The fourth-order valence-corrected chi connectivity index (χ4v) is 5.15. The zero-order valence-electron chi connectivity index (χ0n) is 16.1. The quantitative estimate of drug-likeness (QED) is 0.788. The van der Waals surface area contributed by atoms with Gasteiger partial charge in [0.15, 0.2) is 0 Å². The Morgan fingerprint density at radius 1 is 0.652 bits per heavy atom. The van der Waals surface area contributed by atoms with Crippen LogP contribution in [0.25, 0.3) is 0 Å². The Bertz CT molecular complexity index is 353. The van der Waals surface area contributed by atoms with E-state index in [2.05, 4.69) is 42.4 Å². The third-order valence-electron chi connectivity index (χ3n) is 7.19. The van der Waals surface area contributed by atoms with Crippen LogP contribution in [0.1, 0.15) is 66.2 Å². The van der Waals surface area contributed by atoms with Crippen molar-refractivity contribution in [2.75, 3.05) is 39.3 Å². The van der Waals surface area contributed by atoms with Gasteiger partial charge in [0.1, 0.15) is 0 Å². The van der Waals surface area contributed by atoms with Crippen LogP contribution < -0.4 is 0 Å². The van der Waals surface area contributed by atoms with Gasteiger partial charge in [-0.25, -0.2) is 0 Å². The highest BCUT2D eigenvalue weighted by Crippen LogP contribution is 2.42. The second-order valence-electron chi connectivity index (χ2n) is 9.03. The van der Waals surface area contributed by atoms with E-state index in [4.69, 9.17) is 0 Å². The molecule has 3 nitrogen and oxygen atoms in total. The molecule has 3 heterocycles. The third kappa shape index (κ3) is 4.11. The zero-order valence-corrected chi connectivity index (χ0v) is 16.1. The molecule has 0 aromatic carbocycles. The highest BCUT2D eigenvalue weighted by Gasteiger charge is 2.39. The number of hydrogen-bond donors (Lipinski definition) is 0. The molecule has 23 heavy (non-hydrogen) atoms. The normalized spacial score (nSPS) is 29.0. The van der Waals surface area contributed by atoms with Crippen molar-refractivity contribution < 1.29 is 0 Å². The standard InChI is InChI=1S/C20H39N3/c1-17(2)21-11-5-19(6-12-21)23-15-9-20(10-16-23)7-13-22(14-8-20)18(3)4/h17-19H,5-16H2,1-4H3. The summed E-state index contributed by atoms with van der Waals surface area (Å²) < 4.78 is 0. The van der Waals surface area contributed by atoms with E-state index >= 15 is 0 Å². The summed E-state index contributed by atoms with van der Waals surface area (Å²) in [5.74, 6) is 0. The van der Waals surface area contributed by atoms with Gasteiger partial charge in [-0.2, -0.15) is 0 Å². The molecule has 0 saturated carbocycles. The number of hydrogen-bond acceptors (Lipinski definition) is 3. The summed E-state index contributed by atoms with van der Waals surface area (Å²) in [7, 11) is 0. The molecule has 0 aromatic rings. The maximum absolute atomic E-state index is 2.84. The summed E-state index contributed by atoms with van der Waals surface area (Å²) in [5, 5.41) is 0. The molecular weight excluding hydrogens is 282 g/mol. The van der Waals surface area contributed by atoms with Gasteiger partial charge in [0.2, 0.25) is 0 Å². The van der Waals surface area contributed by atoms with Crippen molar-refractivity contribution in [3.8, 4) is 0 Å². The lowest BCUT2D eigenvalue weighted by Crippen LogP contribution is -2.52. The SMILES string of the molecule is CC(C)N1CCC(N2CCC3(CCN(C(C)C)CC3)CC2)CC1. The molecule has 3 fully saturated rings. The second kappa shape index (κ2) is 7.41. The summed E-state index contributed by atoms with van der Waals surface area (Å²) in [5.41, 5.74) is 0.695. The predicted molar refractivity (Wildman–Crippen MR) is 98.9 cm³/mol. The summed E-state index contributed by atoms with van der Waals surface area (Å²) in [6.45, 7) is 17.4. The molecule has 0 radical (unpaired) electrons. The van der Waals surface area contributed by atoms with Crippen molar-refractivity contribution in [1.82, 2.24) is 14.7 Å². The Morgan fingerprint density at radius 2 is 1.09 bits per heavy atom. The molecule has 0 N–H and O–H groups in total. The van der Waals surface area contributed by atoms with Crippen molar-refractivity contribution in [1.29, 1.82) is 0 Å². The molecule has 3 aliphatic rings. The van der Waals surface area contributed by atoms with Crippen molar-refractivity contribution in [3.63, 3.8) is 0 Å². The number of rotatable bonds is 3. The first kappa shape index (κ1) is 17.7. The first-order valence-corrected chi connectivity index (χ1v) is 10.2. The predicted octanol–water partition coefficient (Wildman–Crippen LogP) is 3.45. The second-order valence-corrected chi connectivity index (χ2v) is 9.03. The lowest BCUT2D eigenvalue weighted by atomic mass is 9.70. The molecule has 0 bridgehead atoms. The van der Waals surface area contributed by atoms with Crippen LogP contribution in [0.4, 0.5) is 0 Å². The number of piperidine rings is 3. The van der Waals surface area contributed by atoms with Crippen LogP contribution in [0.3, 0.4) is 0 Å². The van der Waals surface area contributed by atoms with Crippen LogP contribution >= 0.6 is 0 Å². The highest BCUT2D eigenvalue weighted by molar-refractivity contribution is 4.93. The van der Waals surface area contributed by atoms with Gasteiger partial charge in [-0.15, -0.1) is 0 Å². The van der Waals surface area contributed by atoms with Crippen LogP contribution in [0, 0.1) is 5.41 Å². The number of nitrogens with zero attached hydrogens (tertiary/aromatic N) is 3. The minimum absolute atomic E-state index is 0.695. The van der Waals surface area contributed by atoms with Gasteiger partial charge in [0, 0.05) is 18.1 Å². The third-order valence-corrected chi connectivity index (χ3v) is 7.19. The van der Waals surface area contributed by atoms with E-state index in [1.807, 2.05) is 0 Å². The topological polar surface area (TPSA) is 9.72 Å². The summed E-state index contributed by atoms with van der Waals surface area (Å²) in [6.07, 6.45) is 8.61. The molecule has 1 spiro atoms. The van der Waals surface area contributed by atoms with Gasteiger partial charge >= 0.3 is 0 Å². The molecule has 0 atom stereocenters. The molecular formula is C20H39N3. The molecule has 0 unspecified atom stereocenters. The van der Waals surface area contributed by atoms with E-state index in [-0.39, 0.29) is 0 Å². The van der Waals surface area contributed by atoms with E-state index in [1.165, 1.54) is 77.8 Å². The van der Waals surface area contributed by atoms with Crippen molar-refractivity contribution in [2.24, 2.45) is 5.41 Å². The first-order chi connectivity index (χ1) is 11.0. The van der Waals surface area contributed by atoms with Gasteiger partial charge in [-0.05, 0) is 111 Å². The number of likely N-dealkylation sites (tertiary alicyclic amines) is 3. The maximum atomic E-state index is 2.84. The monoisotopic (exact) mass is 321 g/mol. The lowest BCUT2D eigenvalue weighted by molar-refractivity contribution is -0.000856. The highest BCUT2D eigenvalue weighted by atomic mass is 15.2. The van der Waals surface area contributed by atoms with Crippen LogP contribution in [-0.4, -0.2) is 72.1 Å². The minimum atomic E-state index is 0.695. The largest absolute Gasteiger partial charge is 0.301 e. The Kier molecular flexibility index (Phi) is 5.70. The average molecular weight is 322 g/mol. The molecule has 0 amide bonds. The average Bonchev–Trinajstić information content (AvgIpc) is 2.56. The van der Waals surface area contributed by atoms with Gasteiger partial charge in [0.25, 0.3) is 0 Å². The van der Waals surface area contributed by atoms with Crippen LogP contribution in [0.5, 0.6) is 0 Å². The van der Waals surface area contributed by atoms with Crippen molar-refractivity contribution in [3.05, 3.63) is 0 Å².